The first-order valence-corrected chi connectivity index (χ1v) is 6.40. The Morgan fingerprint density at radius 1 is 1.24 bits per heavy atom. The third-order valence-electron chi connectivity index (χ3n) is 4.04. The first kappa shape index (κ1) is 13.1. The van der Waals surface area contributed by atoms with E-state index in [-0.39, 0.29) is 18.8 Å². The fraction of sp³-hybridized carbons (Fsp3) is 1.00. The van der Waals surface area contributed by atoms with Crippen LogP contribution < -0.4 is 5.32 Å². The smallest absolute Gasteiger partial charge is 0.314 e. The molecule has 2 unspecified atom stereocenters. The molecule has 1 aliphatic carbocycles. The van der Waals surface area contributed by atoms with Crippen LogP contribution in [0.5, 0.6) is 0 Å². The van der Waals surface area contributed by atoms with Gasteiger partial charge in [0.05, 0.1) is 0 Å². The summed E-state index contributed by atoms with van der Waals surface area (Å²) in [4.78, 5) is 1.69. The number of hydrogen-bond donors (Lipinski definition) is 1. The zero-order valence-corrected chi connectivity index (χ0v) is 10.5. The second kappa shape index (κ2) is 4.43. The predicted octanol–water partition coefficient (Wildman–Crippen LogP) is 2.40. The van der Waals surface area contributed by atoms with Crippen molar-refractivity contribution in [3.63, 3.8) is 0 Å². The topological polar surface area (TPSA) is 15.3 Å². The van der Waals surface area contributed by atoms with E-state index in [0.29, 0.717) is 19.1 Å². The third kappa shape index (κ3) is 2.60. The second-order valence-electron chi connectivity index (χ2n) is 5.68. The minimum Gasteiger partial charge on any atom is -0.314 e. The molecule has 2 nitrogen and oxygen atoms in total. The molecule has 1 saturated carbocycles. The largest absolute Gasteiger partial charge is 0.406 e. The first-order valence-electron chi connectivity index (χ1n) is 6.40. The maximum absolute atomic E-state index is 13.1. The Kier molecular flexibility index (Phi) is 3.42. The number of rotatable bonds is 1. The van der Waals surface area contributed by atoms with Crippen LogP contribution in [0.4, 0.5) is 13.2 Å². The predicted molar refractivity (Wildman–Crippen MR) is 60.8 cm³/mol. The van der Waals surface area contributed by atoms with E-state index in [2.05, 4.69) is 5.32 Å². The van der Waals surface area contributed by atoms with Crippen LogP contribution in [0.15, 0.2) is 0 Å². The Morgan fingerprint density at radius 3 is 2.41 bits per heavy atom. The van der Waals surface area contributed by atoms with Gasteiger partial charge in [0.15, 0.2) is 0 Å². The maximum atomic E-state index is 13.1. The molecule has 5 heteroatoms. The number of hydrogen-bond acceptors (Lipinski definition) is 2. The average molecular weight is 250 g/mol. The Hall–Kier alpha value is -0.290. The monoisotopic (exact) mass is 250 g/mol. The van der Waals surface area contributed by atoms with Crippen LogP contribution in [0.1, 0.15) is 33.1 Å². The van der Waals surface area contributed by atoms with Gasteiger partial charge in [-0.15, -0.1) is 0 Å². The molecule has 100 valence electrons. The molecule has 0 radical (unpaired) electrons. The highest BCUT2D eigenvalue weighted by Gasteiger charge is 2.66. The molecule has 1 saturated heterocycles. The van der Waals surface area contributed by atoms with Crippen LogP contribution in [0, 0.1) is 5.92 Å². The number of nitrogens with zero attached hydrogens (tertiary/aromatic N) is 1. The van der Waals surface area contributed by atoms with Gasteiger partial charge in [-0.3, -0.25) is 4.90 Å². The number of nitrogens with one attached hydrogen (secondary N) is 1. The molecule has 2 rings (SSSR count). The molecule has 0 aromatic carbocycles. The molecule has 2 fully saturated rings. The minimum absolute atomic E-state index is 0.276. The van der Waals surface area contributed by atoms with Gasteiger partial charge in [-0.25, -0.2) is 0 Å². The van der Waals surface area contributed by atoms with Gasteiger partial charge in [0.1, 0.15) is 5.54 Å². The van der Waals surface area contributed by atoms with E-state index in [1.165, 1.54) is 0 Å². The molecule has 1 heterocycles. The van der Waals surface area contributed by atoms with E-state index in [4.69, 9.17) is 0 Å². The summed E-state index contributed by atoms with van der Waals surface area (Å²) in [6.07, 6.45) is -2.71. The Morgan fingerprint density at radius 2 is 1.88 bits per heavy atom. The van der Waals surface area contributed by atoms with Crippen LogP contribution >= 0.6 is 0 Å². The van der Waals surface area contributed by atoms with Gasteiger partial charge in [0, 0.05) is 19.1 Å². The lowest BCUT2D eigenvalue weighted by atomic mass is 10.0. The quantitative estimate of drug-likeness (QED) is 0.768. The van der Waals surface area contributed by atoms with Crippen molar-refractivity contribution in [1.82, 2.24) is 10.2 Å². The first-order chi connectivity index (χ1) is 7.85. The van der Waals surface area contributed by atoms with E-state index >= 15 is 0 Å². The van der Waals surface area contributed by atoms with Gasteiger partial charge in [0.25, 0.3) is 0 Å². The van der Waals surface area contributed by atoms with Gasteiger partial charge < -0.3 is 5.32 Å². The van der Waals surface area contributed by atoms with Crippen molar-refractivity contribution >= 4 is 0 Å². The summed E-state index contributed by atoms with van der Waals surface area (Å²) < 4.78 is 39.2. The van der Waals surface area contributed by atoms with Crippen LogP contribution in [0.25, 0.3) is 0 Å². The van der Waals surface area contributed by atoms with E-state index in [9.17, 15) is 13.2 Å². The molecular formula is C12H21F3N2. The molecule has 2 aliphatic rings. The molecule has 17 heavy (non-hydrogen) atoms. The third-order valence-corrected chi connectivity index (χ3v) is 4.04. The van der Waals surface area contributed by atoms with Gasteiger partial charge in [-0.05, 0) is 38.6 Å². The van der Waals surface area contributed by atoms with Crippen molar-refractivity contribution in [2.45, 2.75) is 50.9 Å². The van der Waals surface area contributed by atoms with Crippen LogP contribution in [-0.2, 0) is 0 Å². The molecule has 0 aromatic heterocycles. The summed E-state index contributed by atoms with van der Waals surface area (Å²) >= 11 is 0. The molecular weight excluding hydrogens is 229 g/mol. The van der Waals surface area contributed by atoms with Crippen LogP contribution in [0.3, 0.4) is 0 Å². The Balaban J connectivity index is 2.08. The normalized spacial score (nSPS) is 35.1. The van der Waals surface area contributed by atoms with Crippen molar-refractivity contribution < 1.29 is 13.2 Å². The zero-order valence-electron chi connectivity index (χ0n) is 10.5. The summed E-state index contributed by atoms with van der Waals surface area (Å²) in [5.74, 6) is 0.276. The Bertz CT molecular complexity index is 273. The summed E-state index contributed by atoms with van der Waals surface area (Å²) in [5, 5.41) is 3.36. The van der Waals surface area contributed by atoms with Crippen molar-refractivity contribution in [1.29, 1.82) is 0 Å². The molecule has 0 aromatic rings. The van der Waals surface area contributed by atoms with E-state index < -0.39 is 11.7 Å². The van der Waals surface area contributed by atoms with Crippen molar-refractivity contribution in [3.8, 4) is 0 Å². The van der Waals surface area contributed by atoms with E-state index in [0.717, 1.165) is 13.0 Å². The zero-order chi connectivity index (χ0) is 12.7. The molecule has 0 bridgehead atoms. The summed E-state index contributed by atoms with van der Waals surface area (Å²) in [6, 6.07) is 0.310. The van der Waals surface area contributed by atoms with Crippen molar-refractivity contribution in [2.24, 2.45) is 5.92 Å². The highest BCUT2D eigenvalue weighted by molar-refractivity contribution is 5.09. The highest BCUT2D eigenvalue weighted by atomic mass is 19.4. The van der Waals surface area contributed by atoms with Gasteiger partial charge in [0.2, 0.25) is 0 Å². The highest BCUT2D eigenvalue weighted by Crippen LogP contribution is 2.53. The fourth-order valence-corrected chi connectivity index (χ4v) is 2.67. The number of halogens is 3. The van der Waals surface area contributed by atoms with E-state index in [1.807, 2.05) is 13.8 Å². The van der Waals surface area contributed by atoms with Crippen LogP contribution in [-0.4, -0.2) is 42.3 Å². The van der Waals surface area contributed by atoms with Crippen LogP contribution in [0.2, 0.25) is 0 Å². The minimum atomic E-state index is -4.07. The standard InChI is InChI=1S/C12H21F3N2/c1-9-7-16-10(2)3-6-17(8-9)11(4-5-11)12(13,14)15/h9-10,16H,3-8H2,1-2H3. The summed E-state index contributed by atoms with van der Waals surface area (Å²) in [5.41, 5.74) is -1.49. The number of alkyl halides is 3. The molecule has 1 N–H and O–H groups in total. The maximum Gasteiger partial charge on any atom is 0.406 e. The van der Waals surface area contributed by atoms with Gasteiger partial charge >= 0.3 is 6.18 Å². The average Bonchev–Trinajstić information content (AvgIpc) is 2.98. The summed E-state index contributed by atoms with van der Waals surface area (Å²) in [7, 11) is 0. The Labute approximate surface area is 101 Å². The van der Waals surface area contributed by atoms with Gasteiger partial charge in [-0.2, -0.15) is 13.2 Å². The molecule has 0 spiro atoms. The van der Waals surface area contributed by atoms with Crippen molar-refractivity contribution in [2.75, 3.05) is 19.6 Å². The molecule has 2 atom stereocenters. The lowest BCUT2D eigenvalue weighted by Gasteiger charge is -2.38. The van der Waals surface area contributed by atoms with Gasteiger partial charge in [-0.1, -0.05) is 6.92 Å². The second-order valence-corrected chi connectivity index (χ2v) is 5.68. The molecule has 0 amide bonds. The lowest BCUT2D eigenvalue weighted by Crippen LogP contribution is -2.53. The lowest BCUT2D eigenvalue weighted by molar-refractivity contribution is -0.198. The summed E-state index contributed by atoms with van der Waals surface area (Å²) in [6.45, 7) is 5.98. The fourth-order valence-electron chi connectivity index (χ4n) is 2.67. The molecule has 1 aliphatic heterocycles. The van der Waals surface area contributed by atoms with Crippen molar-refractivity contribution in [3.05, 3.63) is 0 Å². The van der Waals surface area contributed by atoms with E-state index in [1.54, 1.807) is 4.90 Å². The SMILES string of the molecule is CC1CNC(C)CCN(C2(C(F)(F)F)CC2)C1.